The number of guanidine groups is 1. The molecule has 3 amide bonds. The maximum Gasteiger partial charge on any atom is 0.326 e. The lowest BCUT2D eigenvalue weighted by Gasteiger charge is -2.30. The molecule has 4 unspecified atom stereocenters. The Morgan fingerprint density at radius 2 is 1.78 bits per heavy atom. The molecule has 0 aromatic carbocycles. The number of unbranched alkanes of at least 4 members (excludes halogenated alkanes) is 1. The molecule has 14 heteroatoms. The van der Waals surface area contributed by atoms with Crippen LogP contribution in [-0.4, -0.2) is 95.5 Å². The molecule has 1 heterocycles. The lowest BCUT2D eigenvalue weighted by atomic mass is 10.1. The zero-order valence-electron chi connectivity index (χ0n) is 21.0. The number of nitrogens with two attached hydrogens (primary N) is 4. The highest BCUT2D eigenvalue weighted by molar-refractivity contribution is 7.98. The number of carbonyl (C=O) groups excluding carboxylic acids is 3. The number of amides is 3. The first-order chi connectivity index (χ1) is 17.1. The fraction of sp³-hybridized carbons (Fsp3) is 0.773. The number of hydrogen-bond donors (Lipinski definition) is 7. The van der Waals surface area contributed by atoms with Crippen LogP contribution in [0.15, 0.2) is 4.99 Å². The number of hydrogen-bond acceptors (Lipinski definition) is 8. The van der Waals surface area contributed by atoms with Gasteiger partial charge in [0.05, 0.1) is 6.04 Å². The summed E-state index contributed by atoms with van der Waals surface area (Å²) in [6, 6.07) is -3.57. The number of carbonyl (C=O) groups is 4. The van der Waals surface area contributed by atoms with Crippen molar-refractivity contribution in [2.45, 2.75) is 75.5 Å². The highest BCUT2D eigenvalue weighted by atomic mass is 32.2. The monoisotopic (exact) mass is 530 g/mol. The van der Waals surface area contributed by atoms with E-state index in [1.165, 1.54) is 4.90 Å². The van der Waals surface area contributed by atoms with Crippen molar-refractivity contribution in [2.75, 3.05) is 31.6 Å². The summed E-state index contributed by atoms with van der Waals surface area (Å²) in [5.74, 6) is -1.91. The van der Waals surface area contributed by atoms with E-state index in [4.69, 9.17) is 22.9 Å². The largest absolute Gasteiger partial charge is 0.480 e. The maximum absolute atomic E-state index is 13.5. The third-order valence-corrected chi connectivity index (χ3v) is 6.57. The third-order valence-electron chi connectivity index (χ3n) is 5.93. The van der Waals surface area contributed by atoms with Gasteiger partial charge in [-0.1, -0.05) is 0 Å². The molecule has 0 aromatic rings. The molecule has 1 saturated heterocycles. The van der Waals surface area contributed by atoms with Crippen LogP contribution in [0.5, 0.6) is 0 Å². The molecular weight excluding hydrogens is 488 g/mol. The van der Waals surface area contributed by atoms with Gasteiger partial charge >= 0.3 is 5.97 Å². The van der Waals surface area contributed by atoms with Gasteiger partial charge in [-0.3, -0.25) is 19.4 Å². The van der Waals surface area contributed by atoms with Gasteiger partial charge < -0.3 is 43.6 Å². The minimum absolute atomic E-state index is 0.0725. The number of carboxylic acids is 1. The summed E-state index contributed by atoms with van der Waals surface area (Å²) in [6.07, 6.45) is 5.46. The molecule has 1 aliphatic rings. The van der Waals surface area contributed by atoms with Crippen LogP contribution < -0.4 is 33.6 Å². The molecule has 1 aliphatic heterocycles. The van der Waals surface area contributed by atoms with E-state index in [1.807, 2.05) is 6.26 Å². The number of carboxylic acid groups (broad SMARTS) is 1. The molecule has 11 N–H and O–H groups in total. The first kappa shape index (κ1) is 31.4. The number of rotatable bonds is 17. The van der Waals surface area contributed by atoms with Gasteiger partial charge in [0.2, 0.25) is 17.7 Å². The first-order valence-corrected chi connectivity index (χ1v) is 13.7. The Morgan fingerprint density at radius 1 is 1.08 bits per heavy atom. The fourth-order valence-corrected chi connectivity index (χ4v) is 4.43. The molecule has 0 radical (unpaired) electrons. The molecule has 0 bridgehead atoms. The van der Waals surface area contributed by atoms with Gasteiger partial charge in [0.1, 0.15) is 18.1 Å². The summed E-state index contributed by atoms with van der Waals surface area (Å²) in [5, 5.41) is 14.8. The van der Waals surface area contributed by atoms with E-state index in [-0.39, 0.29) is 25.3 Å². The van der Waals surface area contributed by atoms with Gasteiger partial charge in [-0.15, -0.1) is 0 Å². The molecular formula is C22H42N8O5S. The number of aliphatic imine (C=N–C) groups is 1. The molecule has 1 fully saturated rings. The highest BCUT2D eigenvalue weighted by Gasteiger charge is 2.38. The smallest absolute Gasteiger partial charge is 0.326 e. The minimum atomic E-state index is -1.14. The second-order valence-electron chi connectivity index (χ2n) is 8.77. The highest BCUT2D eigenvalue weighted by Crippen LogP contribution is 2.20. The molecule has 13 nitrogen and oxygen atoms in total. The molecule has 0 saturated carbocycles. The average Bonchev–Trinajstić information content (AvgIpc) is 3.33. The molecule has 0 aliphatic carbocycles. The van der Waals surface area contributed by atoms with Crippen LogP contribution in [0, 0.1) is 0 Å². The predicted octanol–water partition coefficient (Wildman–Crippen LogP) is -1.71. The summed E-state index contributed by atoms with van der Waals surface area (Å²) in [4.78, 5) is 56.0. The summed E-state index contributed by atoms with van der Waals surface area (Å²) in [5.41, 5.74) is 22.2. The normalized spacial score (nSPS) is 17.6. The summed E-state index contributed by atoms with van der Waals surface area (Å²) < 4.78 is 0. The Hall–Kier alpha value is -2.58. The van der Waals surface area contributed by atoms with E-state index < -0.39 is 47.9 Å². The van der Waals surface area contributed by atoms with Crippen LogP contribution in [-0.2, 0) is 19.2 Å². The SMILES string of the molecule is CSCCC(N)C(=O)NC(CCCN=C(N)N)C(=O)N1CCCC1C(=O)NC(CCCCN)C(=O)O. The zero-order valence-corrected chi connectivity index (χ0v) is 21.8. The van der Waals surface area contributed by atoms with E-state index in [0.717, 1.165) is 0 Å². The lowest BCUT2D eigenvalue weighted by molar-refractivity contribution is -0.145. The molecule has 4 atom stereocenters. The van der Waals surface area contributed by atoms with Crippen molar-refractivity contribution in [3.8, 4) is 0 Å². The fourth-order valence-electron chi connectivity index (χ4n) is 3.94. The van der Waals surface area contributed by atoms with Crippen LogP contribution in [0.25, 0.3) is 0 Å². The molecule has 0 spiro atoms. The lowest BCUT2D eigenvalue weighted by Crippen LogP contribution is -2.56. The van der Waals surface area contributed by atoms with Crippen molar-refractivity contribution in [1.29, 1.82) is 0 Å². The van der Waals surface area contributed by atoms with Crippen molar-refractivity contribution in [1.82, 2.24) is 15.5 Å². The van der Waals surface area contributed by atoms with E-state index in [1.54, 1.807) is 11.8 Å². The van der Waals surface area contributed by atoms with E-state index >= 15 is 0 Å². The topological polar surface area (TPSA) is 232 Å². The van der Waals surface area contributed by atoms with E-state index in [0.29, 0.717) is 57.4 Å². The van der Waals surface area contributed by atoms with Crippen molar-refractivity contribution in [3.63, 3.8) is 0 Å². The second-order valence-corrected chi connectivity index (χ2v) is 9.76. The minimum Gasteiger partial charge on any atom is -0.480 e. The zero-order chi connectivity index (χ0) is 27.1. The maximum atomic E-state index is 13.5. The first-order valence-electron chi connectivity index (χ1n) is 12.3. The van der Waals surface area contributed by atoms with Gasteiger partial charge in [0, 0.05) is 13.1 Å². The number of thioether (sulfide) groups is 1. The number of aliphatic carboxylic acids is 1. The molecule has 0 aromatic heterocycles. The quantitative estimate of drug-likeness (QED) is 0.0639. The molecule has 36 heavy (non-hydrogen) atoms. The second kappa shape index (κ2) is 17.0. The summed E-state index contributed by atoms with van der Waals surface area (Å²) in [6.45, 7) is 1.02. The Balaban J connectivity index is 2.93. The van der Waals surface area contributed by atoms with E-state index in [2.05, 4.69) is 15.6 Å². The third kappa shape index (κ3) is 11.0. The predicted molar refractivity (Wildman–Crippen MR) is 140 cm³/mol. The average molecular weight is 531 g/mol. The number of likely N-dealkylation sites (tertiary alicyclic amines) is 1. The van der Waals surface area contributed by atoms with Crippen LogP contribution in [0.4, 0.5) is 0 Å². The Bertz CT molecular complexity index is 765. The molecule has 206 valence electrons. The molecule has 1 rings (SSSR count). The summed E-state index contributed by atoms with van der Waals surface area (Å²) >= 11 is 1.56. The van der Waals surface area contributed by atoms with Crippen molar-refractivity contribution in [2.24, 2.45) is 27.9 Å². The number of nitrogens with zero attached hydrogens (tertiary/aromatic N) is 2. The van der Waals surface area contributed by atoms with Crippen molar-refractivity contribution < 1.29 is 24.3 Å². The van der Waals surface area contributed by atoms with Crippen LogP contribution >= 0.6 is 11.8 Å². The Morgan fingerprint density at radius 3 is 2.39 bits per heavy atom. The van der Waals surface area contributed by atoms with Crippen molar-refractivity contribution >= 4 is 41.4 Å². The van der Waals surface area contributed by atoms with Gasteiger partial charge in [0.25, 0.3) is 0 Å². The van der Waals surface area contributed by atoms with Crippen LogP contribution in [0.2, 0.25) is 0 Å². The number of nitrogens with one attached hydrogen (secondary N) is 2. The standard InChI is InChI=1S/C22H42N8O5S/c1-36-13-9-14(24)18(31)28-15(7-4-11-27-22(25)26)20(33)30-12-5-8-17(30)19(32)29-16(21(34)35)6-2-3-10-23/h14-17H,2-13,23-24H2,1H3,(H,28,31)(H,29,32)(H,34,35)(H4,25,26,27). The van der Waals surface area contributed by atoms with E-state index in [9.17, 15) is 24.3 Å². The van der Waals surface area contributed by atoms with Gasteiger partial charge in [-0.25, -0.2) is 4.79 Å². The van der Waals surface area contributed by atoms with Gasteiger partial charge in [-0.2, -0.15) is 11.8 Å². The van der Waals surface area contributed by atoms with Gasteiger partial charge in [0.15, 0.2) is 5.96 Å². The van der Waals surface area contributed by atoms with Crippen LogP contribution in [0.3, 0.4) is 0 Å². The Labute approximate surface area is 216 Å². The van der Waals surface area contributed by atoms with Gasteiger partial charge in [-0.05, 0) is 69.9 Å². The summed E-state index contributed by atoms with van der Waals surface area (Å²) in [7, 11) is 0. The Kier molecular flexibility index (Phi) is 14.8. The van der Waals surface area contributed by atoms with Crippen LogP contribution in [0.1, 0.15) is 51.4 Å². The van der Waals surface area contributed by atoms with Crippen molar-refractivity contribution in [3.05, 3.63) is 0 Å².